The average molecular weight is 290 g/mol. The molecule has 0 saturated heterocycles. The standard InChI is InChI=1S/C15H22N4O2/c1-11(2)16-8-13-9-19(18-17-13)10-15(20)12-5-4-6-14(7-12)21-3/h4-7,9,11,15-16,20H,8,10H2,1-3H3. The summed E-state index contributed by atoms with van der Waals surface area (Å²) in [7, 11) is 1.61. The first kappa shape index (κ1) is 15.5. The fraction of sp³-hybridized carbons (Fsp3) is 0.467. The lowest BCUT2D eigenvalue weighted by Crippen LogP contribution is -2.21. The van der Waals surface area contributed by atoms with Crippen molar-refractivity contribution in [3.63, 3.8) is 0 Å². The summed E-state index contributed by atoms with van der Waals surface area (Å²) in [5, 5.41) is 21.7. The highest BCUT2D eigenvalue weighted by Gasteiger charge is 2.11. The van der Waals surface area contributed by atoms with E-state index in [4.69, 9.17) is 4.74 Å². The van der Waals surface area contributed by atoms with Crippen LogP contribution in [0.4, 0.5) is 0 Å². The Morgan fingerprint density at radius 2 is 2.19 bits per heavy atom. The number of rotatable bonds is 7. The lowest BCUT2D eigenvalue weighted by molar-refractivity contribution is 0.150. The Morgan fingerprint density at radius 3 is 2.90 bits per heavy atom. The van der Waals surface area contributed by atoms with E-state index in [2.05, 4.69) is 29.5 Å². The van der Waals surface area contributed by atoms with Gasteiger partial charge in [-0.25, -0.2) is 4.68 Å². The van der Waals surface area contributed by atoms with Crippen LogP contribution in [0.15, 0.2) is 30.5 Å². The topological polar surface area (TPSA) is 72.2 Å². The maximum Gasteiger partial charge on any atom is 0.119 e. The Bertz CT molecular complexity index is 568. The second-order valence-electron chi connectivity index (χ2n) is 5.26. The number of aliphatic hydroxyl groups excluding tert-OH is 1. The van der Waals surface area contributed by atoms with Gasteiger partial charge in [0.2, 0.25) is 0 Å². The van der Waals surface area contributed by atoms with E-state index in [-0.39, 0.29) is 0 Å². The predicted octanol–water partition coefficient (Wildman–Crippen LogP) is 1.52. The Morgan fingerprint density at radius 1 is 1.38 bits per heavy atom. The first-order chi connectivity index (χ1) is 10.1. The zero-order valence-corrected chi connectivity index (χ0v) is 12.7. The summed E-state index contributed by atoms with van der Waals surface area (Å²) in [5.74, 6) is 0.729. The summed E-state index contributed by atoms with van der Waals surface area (Å²) < 4.78 is 6.81. The van der Waals surface area contributed by atoms with Crippen molar-refractivity contribution in [2.75, 3.05) is 7.11 Å². The van der Waals surface area contributed by atoms with Crippen molar-refractivity contribution < 1.29 is 9.84 Å². The molecule has 0 radical (unpaired) electrons. The number of aliphatic hydroxyl groups is 1. The molecule has 2 rings (SSSR count). The minimum absolute atomic E-state index is 0.363. The molecule has 0 aliphatic rings. The van der Waals surface area contributed by atoms with E-state index >= 15 is 0 Å². The molecule has 0 amide bonds. The lowest BCUT2D eigenvalue weighted by atomic mass is 10.1. The molecule has 0 aliphatic carbocycles. The first-order valence-electron chi connectivity index (χ1n) is 7.03. The van der Waals surface area contributed by atoms with Crippen molar-refractivity contribution in [3.05, 3.63) is 41.7 Å². The van der Waals surface area contributed by atoms with Crippen LogP contribution in [-0.2, 0) is 13.1 Å². The Labute approximate surface area is 124 Å². The van der Waals surface area contributed by atoms with Gasteiger partial charge in [0.1, 0.15) is 5.75 Å². The minimum atomic E-state index is -0.646. The van der Waals surface area contributed by atoms with Gasteiger partial charge in [0.05, 0.1) is 25.5 Å². The maximum atomic E-state index is 10.3. The molecule has 2 aromatic rings. The highest BCUT2D eigenvalue weighted by atomic mass is 16.5. The number of ether oxygens (including phenoxy) is 1. The third kappa shape index (κ3) is 4.54. The highest BCUT2D eigenvalue weighted by molar-refractivity contribution is 5.29. The van der Waals surface area contributed by atoms with Crippen molar-refractivity contribution >= 4 is 0 Å². The van der Waals surface area contributed by atoms with Gasteiger partial charge in [-0.3, -0.25) is 0 Å². The molecule has 1 unspecified atom stereocenters. The molecule has 1 heterocycles. The molecule has 21 heavy (non-hydrogen) atoms. The molecule has 0 spiro atoms. The Hall–Kier alpha value is -1.92. The van der Waals surface area contributed by atoms with E-state index in [1.165, 1.54) is 0 Å². The molecule has 1 aromatic carbocycles. The smallest absolute Gasteiger partial charge is 0.119 e. The zero-order chi connectivity index (χ0) is 15.2. The quantitative estimate of drug-likeness (QED) is 0.809. The van der Waals surface area contributed by atoms with Crippen LogP contribution < -0.4 is 10.1 Å². The van der Waals surface area contributed by atoms with Crippen molar-refractivity contribution in [1.82, 2.24) is 20.3 Å². The normalized spacial score (nSPS) is 12.6. The predicted molar refractivity (Wildman–Crippen MR) is 80.0 cm³/mol. The van der Waals surface area contributed by atoms with Crippen LogP contribution in [0.3, 0.4) is 0 Å². The second kappa shape index (κ2) is 7.19. The molecule has 1 aromatic heterocycles. The molecular weight excluding hydrogens is 268 g/mol. The van der Waals surface area contributed by atoms with Crippen molar-refractivity contribution in [2.24, 2.45) is 0 Å². The van der Waals surface area contributed by atoms with E-state index in [0.717, 1.165) is 17.0 Å². The minimum Gasteiger partial charge on any atom is -0.497 e. The van der Waals surface area contributed by atoms with Crippen molar-refractivity contribution in [3.8, 4) is 5.75 Å². The Balaban J connectivity index is 1.97. The van der Waals surface area contributed by atoms with Crippen LogP contribution in [0.25, 0.3) is 0 Å². The fourth-order valence-corrected chi connectivity index (χ4v) is 1.95. The van der Waals surface area contributed by atoms with E-state index in [1.807, 2.05) is 30.5 Å². The fourth-order valence-electron chi connectivity index (χ4n) is 1.95. The SMILES string of the molecule is COc1cccc(C(O)Cn2cc(CNC(C)C)nn2)c1. The van der Waals surface area contributed by atoms with E-state index < -0.39 is 6.10 Å². The number of hydrogen-bond acceptors (Lipinski definition) is 5. The van der Waals surface area contributed by atoms with Crippen LogP contribution in [0.5, 0.6) is 5.75 Å². The van der Waals surface area contributed by atoms with Gasteiger partial charge >= 0.3 is 0 Å². The van der Waals surface area contributed by atoms with Gasteiger partial charge in [-0.15, -0.1) is 5.10 Å². The summed E-state index contributed by atoms with van der Waals surface area (Å²) in [6, 6.07) is 7.80. The largest absolute Gasteiger partial charge is 0.497 e. The Kier molecular flexibility index (Phi) is 5.30. The van der Waals surface area contributed by atoms with Gasteiger partial charge in [-0.2, -0.15) is 0 Å². The second-order valence-corrected chi connectivity index (χ2v) is 5.26. The molecule has 114 valence electrons. The number of methoxy groups -OCH3 is 1. The summed E-state index contributed by atoms with van der Waals surface area (Å²) >= 11 is 0. The summed E-state index contributed by atoms with van der Waals surface area (Å²) in [4.78, 5) is 0. The maximum absolute atomic E-state index is 10.3. The van der Waals surface area contributed by atoms with Gasteiger partial charge < -0.3 is 15.2 Å². The van der Waals surface area contributed by atoms with Gasteiger partial charge in [0, 0.05) is 18.8 Å². The molecule has 0 saturated carbocycles. The van der Waals surface area contributed by atoms with Crippen molar-refractivity contribution in [1.29, 1.82) is 0 Å². The number of nitrogens with one attached hydrogen (secondary N) is 1. The van der Waals surface area contributed by atoms with Gasteiger partial charge in [0.25, 0.3) is 0 Å². The third-order valence-electron chi connectivity index (χ3n) is 3.12. The molecule has 0 bridgehead atoms. The van der Waals surface area contributed by atoms with Gasteiger partial charge in [-0.1, -0.05) is 31.2 Å². The van der Waals surface area contributed by atoms with E-state index in [9.17, 15) is 5.11 Å². The molecule has 0 fully saturated rings. The monoisotopic (exact) mass is 290 g/mol. The number of benzene rings is 1. The summed E-state index contributed by atoms with van der Waals surface area (Å²) in [5.41, 5.74) is 1.66. The van der Waals surface area contributed by atoms with Gasteiger partial charge in [-0.05, 0) is 17.7 Å². The van der Waals surface area contributed by atoms with E-state index in [0.29, 0.717) is 19.1 Å². The van der Waals surface area contributed by atoms with Crippen LogP contribution >= 0.6 is 0 Å². The number of nitrogens with zero attached hydrogens (tertiary/aromatic N) is 3. The van der Waals surface area contributed by atoms with Crippen LogP contribution in [-0.4, -0.2) is 33.3 Å². The number of aromatic nitrogens is 3. The van der Waals surface area contributed by atoms with Gasteiger partial charge in [0.15, 0.2) is 0 Å². The van der Waals surface area contributed by atoms with Crippen LogP contribution in [0.1, 0.15) is 31.2 Å². The number of hydrogen-bond donors (Lipinski definition) is 2. The molecule has 6 heteroatoms. The van der Waals surface area contributed by atoms with Crippen molar-refractivity contribution in [2.45, 2.75) is 39.1 Å². The average Bonchev–Trinajstić information content (AvgIpc) is 2.92. The van der Waals surface area contributed by atoms with Crippen LogP contribution in [0, 0.1) is 0 Å². The molecule has 6 nitrogen and oxygen atoms in total. The molecule has 1 atom stereocenters. The lowest BCUT2D eigenvalue weighted by Gasteiger charge is -2.11. The highest BCUT2D eigenvalue weighted by Crippen LogP contribution is 2.20. The van der Waals surface area contributed by atoms with Crippen LogP contribution in [0.2, 0.25) is 0 Å². The summed E-state index contributed by atoms with van der Waals surface area (Å²) in [6.07, 6.45) is 1.20. The molecule has 0 aliphatic heterocycles. The molecular formula is C15H22N4O2. The first-order valence-corrected chi connectivity index (χ1v) is 7.03. The summed E-state index contributed by atoms with van der Waals surface area (Å²) in [6.45, 7) is 5.20. The van der Waals surface area contributed by atoms with E-state index in [1.54, 1.807) is 11.8 Å². The third-order valence-corrected chi connectivity index (χ3v) is 3.12. The zero-order valence-electron chi connectivity index (χ0n) is 12.7. The molecule has 2 N–H and O–H groups in total.